The number of carbonyl (C=O) groups is 2. The van der Waals surface area contributed by atoms with Crippen LogP contribution in [-0.2, 0) is 17.9 Å². The van der Waals surface area contributed by atoms with E-state index in [2.05, 4.69) is 25.4 Å². The maximum absolute atomic E-state index is 13.7. The number of aromatic amines is 1. The van der Waals surface area contributed by atoms with Crippen molar-refractivity contribution < 1.29 is 36.1 Å². The molecule has 6 rings (SSSR count). The number of benzene rings is 1. The number of hydrogen-bond donors (Lipinski definition) is 2. The summed E-state index contributed by atoms with van der Waals surface area (Å²) in [5, 5.41) is 7.26. The number of carbonyl (C=O) groups excluding carboxylic acids is 2. The van der Waals surface area contributed by atoms with Gasteiger partial charge in [-0.05, 0) is 42.5 Å². The number of aromatic nitrogens is 6. The van der Waals surface area contributed by atoms with Gasteiger partial charge in [0, 0.05) is 29.8 Å². The van der Waals surface area contributed by atoms with Crippen LogP contribution >= 0.6 is 0 Å². The molecule has 0 aliphatic carbocycles. The first-order valence-corrected chi connectivity index (χ1v) is 13.1. The molecule has 4 aromatic heterocycles. The molecule has 10 nitrogen and oxygen atoms in total. The molecule has 0 radical (unpaired) electrons. The average molecular weight is 598 g/mol. The molecule has 15 heteroatoms. The van der Waals surface area contributed by atoms with E-state index in [0.717, 1.165) is 6.07 Å². The molecule has 43 heavy (non-hydrogen) atoms. The predicted octanol–water partition coefficient (Wildman–Crippen LogP) is 4.29. The third kappa shape index (κ3) is 5.91. The van der Waals surface area contributed by atoms with Crippen molar-refractivity contribution >= 4 is 23.3 Å². The zero-order valence-electron chi connectivity index (χ0n) is 22.2. The average Bonchev–Trinajstić information content (AvgIpc) is 3.55. The van der Waals surface area contributed by atoms with E-state index in [4.69, 9.17) is 0 Å². The Morgan fingerprint density at radius 2 is 1.86 bits per heavy atom. The highest BCUT2D eigenvalue weighted by molar-refractivity contribution is 6.03. The Balaban J connectivity index is 1.33. The zero-order chi connectivity index (χ0) is 30.3. The van der Waals surface area contributed by atoms with Gasteiger partial charge in [0.15, 0.2) is 17.2 Å². The first-order chi connectivity index (χ1) is 20.5. The Morgan fingerprint density at radius 3 is 2.60 bits per heavy atom. The minimum absolute atomic E-state index is 0.0456. The predicted molar refractivity (Wildman–Crippen MR) is 141 cm³/mol. The molecule has 2 N–H and O–H groups in total. The summed E-state index contributed by atoms with van der Waals surface area (Å²) in [5.74, 6) is -1.70. The second-order valence-electron chi connectivity index (χ2n) is 9.85. The first kappa shape index (κ1) is 27.9. The summed E-state index contributed by atoms with van der Waals surface area (Å²) in [7, 11) is 0. The van der Waals surface area contributed by atoms with Crippen LogP contribution in [-0.4, -0.2) is 54.0 Å². The number of amides is 2. The van der Waals surface area contributed by atoms with Crippen LogP contribution in [0.25, 0.3) is 28.3 Å². The Morgan fingerprint density at radius 1 is 1.07 bits per heavy atom. The van der Waals surface area contributed by atoms with Crippen LogP contribution < -0.4 is 9.88 Å². The van der Waals surface area contributed by atoms with Crippen molar-refractivity contribution in [2.45, 2.75) is 32.1 Å². The zero-order valence-corrected chi connectivity index (χ0v) is 22.2. The van der Waals surface area contributed by atoms with Crippen LogP contribution in [0.1, 0.15) is 29.0 Å². The second-order valence-corrected chi connectivity index (χ2v) is 9.85. The number of imidazole rings is 2. The van der Waals surface area contributed by atoms with Gasteiger partial charge < -0.3 is 10.2 Å². The standard InChI is InChI=1S/C28H21F5N8O2/c29-18-3-1-16(2-4-18)25-26(40-12-11-39(15-23(40)37-25)24(42)7-9-28(31,32)33)19-5-6-22-35-21(14-41(22)38-19)36-27(43)17-8-10-34-20(30)13-17/h1-6,8,10,13-14H,7,9,11-12,15H2,(H,36,43)/p+1. The van der Waals surface area contributed by atoms with Gasteiger partial charge in [-0.25, -0.2) is 28.4 Å². The number of alkyl halides is 3. The molecule has 0 saturated carbocycles. The number of H-pyrrole nitrogens is 1. The Hall–Kier alpha value is -5.21. The molecule has 0 fully saturated rings. The van der Waals surface area contributed by atoms with E-state index < -0.39 is 42.6 Å². The van der Waals surface area contributed by atoms with Crippen molar-refractivity contribution in [2.24, 2.45) is 0 Å². The molecule has 0 spiro atoms. The van der Waals surface area contributed by atoms with Gasteiger partial charge in [-0.2, -0.15) is 22.7 Å². The van der Waals surface area contributed by atoms with Crippen LogP contribution in [0.15, 0.2) is 60.9 Å². The van der Waals surface area contributed by atoms with Gasteiger partial charge in [0.2, 0.25) is 17.5 Å². The van der Waals surface area contributed by atoms with E-state index in [1.807, 2.05) is 4.57 Å². The molecule has 0 atom stereocenters. The topological polar surface area (TPSA) is 112 Å². The van der Waals surface area contributed by atoms with Crippen molar-refractivity contribution in [2.75, 3.05) is 11.9 Å². The molecular weight excluding hydrogens is 575 g/mol. The second kappa shape index (κ2) is 10.9. The fourth-order valence-electron chi connectivity index (χ4n) is 4.91. The van der Waals surface area contributed by atoms with E-state index >= 15 is 0 Å². The van der Waals surface area contributed by atoms with E-state index in [9.17, 15) is 31.5 Å². The fourth-order valence-corrected chi connectivity index (χ4v) is 4.91. The summed E-state index contributed by atoms with van der Waals surface area (Å²) in [5.41, 5.74) is 2.73. The number of anilines is 1. The summed E-state index contributed by atoms with van der Waals surface area (Å²) < 4.78 is 68.6. The van der Waals surface area contributed by atoms with Gasteiger partial charge in [0.05, 0.1) is 19.2 Å². The molecule has 5 heterocycles. The summed E-state index contributed by atoms with van der Waals surface area (Å²) in [6, 6.07) is 11.5. The molecule has 220 valence electrons. The lowest BCUT2D eigenvalue weighted by Gasteiger charge is -2.24. The minimum Gasteiger partial charge on any atom is -0.327 e. The SMILES string of the molecule is O=C(Nc1cn2nc(-c3c(-c4ccc(F)cc4)[nH]c4[n+]3CCN(C(=O)CCC(F)(F)F)C4)ccc2n1)c1ccnc(F)c1. The number of hydrogen-bond acceptors (Lipinski definition) is 5. The van der Waals surface area contributed by atoms with Crippen LogP contribution in [0.3, 0.4) is 0 Å². The number of halogens is 5. The summed E-state index contributed by atoms with van der Waals surface area (Å²) in [6.07, 6.45) is -3.62. The normalized spacial score (nSPS) is 13.3. The third-order valence-corrected chi connectivity index (χ3v) is 6.94. The molecule has 0 unspecified atom stereocenters. The number of fused-ring (bicyclic) bond motifs is 2. The summed E-state index contributed by atoms with van der Waals surface area (Å²) >= 11 is 0. The third-order valence-electron chi connectivity index (χ3n) is 6.94. The summed E-state index contributed by atoms with van der Waals surface area (Å²) in [6.45, 7) is 0.499. The van der Waals surface area contributed by atoms with E-state index in [0.29, 0.717) is 34.1 Å². The van der Waals surface area contributed by atoms with Crippen molar-refractivity contribution in [3.63, 3.8) is 0 Å². The van der Waals surface area contributed by atoms with Crippen LogP contribution in [0, 0.1) is 11.8 Å². The van der Waals surface area contributed by atoms with Gasteiger partial charge in [-0.15, -0.1) is 0 Å². The number of pyridine rings is 1. The Kier molecular flexibility index (Phi) is 7.07. The lowest BCUT2D eigenvalue weighted by Crippen LogP contribution is -2.52. The molecular formula is C28H22F5N8O2+. The maximum atomic E-state index is 13.7. The van der Waals surface area contributed by atoms with Crippen molar-refractivity contribution in [3.05, 3.63) is 84.1 Å². The van der Waals surface area contributed by atoms with Crippen LogP contribution in [0.4, 0.5) is 27.8 Å². The van der Waals surface area contributed by atoms with E-state index in [1.54, 1.807) is 24.3 Å². The van der Waals surface area contributed by atoms with E-state index in [1.165, 1.54) is 40.0 Å². The van der Waals surface area contributed by atoms with Gasteiger partial charge >= 0.3 is 6.18 Å². The molecule has 0 saturated heterocycles. The number of rotatable bonds is 6. The number of nitrogens with zero attached hydrogens (tertiary/aromatic N) is 6. The number of nitrogens with one attached hydrogen (secondary N) is 2. The molecule has 1 aliphatic heterocycles. The summed E-state index contributed by atoms with van der Waals surface area (Å²) in [4.78, 5) is 37.5. The minimum atomic E-state index is -4.43. The highest BCUT2D eigenvalue weighted by Gasteiger charge is 2.35. The van der Waals surface area contributed by atoms with Crippen LogP contribution in [0.2, 0.25) is 0 Å². The molecule has 1 aliphatic rings. The lowest BCUT2D eigenvalue weighted by molar-refractivity contribution is -0.699. The Bertz CT molecular complexity index is 1850. The largest absolute Gasteiger partial charge is 0.389 e. The monoisotopic (exact) mass is 597 g/mol. The smallest absolute Gasteiger partial charge is 0.327 e. The molecule has 0 bridgehead atoms. The maximum Gasteiger partial charge on any atom is 0.389 e. The van der Waals surface area contributed by atoms with Gasteiger partial charge in [-0.3, -0.25) is 9.59 Å². The van der Waals surface area contributed by atoms with E-state index in [-0.39, 0.29) is 31.0 Å². The van der Waals surface area contributed by atoms with Gasteiger partial charge in [0.1, 0.15) is 24.6 Å². The lowest BCUT2D eigenvalue weighted by atomic mass is 10.1. The van der Waals surface area contributed by atoms with Gasteiger partial charge in [0.25, 0.3) is 11.7 Å². The van der Waals surface area contributed by atoms with Crippen LogP contribution in [0.5, 0.6) is 0 Å². The highest BCUT2D eigenvalue weighted by Crippen LogP contribution is 2.30. The molecule has 5 aromatic rings. The van der Waals surface area contributed by atoms with Crippen molar-refractivity contribution in [3.8, 4) is 22.6 Å². The fraction of sp³-hybridized carbons (Fsp3) is 0.214. The molecule has 2 amide bonds. The quantitative estimate of drug-likeness (QED) is 0.172. The highest BCUT2D eigenvalue weighted by atomic mass is 19.4. The van der Waals surface area contributed by atoms with Gasteiger partial charge in [-0.1, -0.05) is 0 Å². The Labute approximate surface area is 239 Å². The first-order valence-electron chi connectivity index (χ1n) is 13.1. The molecule has 1 aromatic carbocycles. The van der Waals surface area contributed by atoms with Crippen molar-refractivity contribution in [1.82, 2.24) is 29.5 Å². The van der Waals surface area contributed by atoms with Crippen molar-refractivity contribution in [1.29, 1.82) is 0 Å².